The molecular weight excluding hydrogens is 412 g/mol. The number of alkyl halides is 6. The Morgan fingerprint density at radius 1 is 0.900 bits per heavy atom. The average molecular weight is 427 g/mol. The van der Waals surface area contributed by atoms with Crippen molar-refractivity contribution in [2.75, 3.05) is 5.32 Å². The fourth-order valence-corrected chi connectivity index (χ4v) is 2.67. The lowest BCUT2D eigenvalue weighted by Gasteiger charge is -2.12. The van der Waals surface area contributed by atoms with E-state index in [-0.39, 0.29) is 12.4 Å². The van der Waals surface area contributed by atoms with Gasteiger partial charge in [-0.3, -0.25) is 0 Å². The number of anilines is 1. The van der Waals surface area contributed by atoms with Crippen molar-refractivity contribution in [2.45, 2.75) is 26.0 Å². The van der Waals surface area contributed by atoms with Gasteiger partial charge in [0.05, 0.1) is 5.56 Å². The third kappa shape index (κ3) is 5.85. The highest BCUT2D eigenvalue weighted by molar-refractivity contribution is 5.59. The van der Waals surface area contributed by atoms with Crippen molar-refractivity contribution < 1.29 is 31.1 Å². The number of benzene rings is 2. The Hall–Kier alpha value is -3.30. The fourth-order valence-electron chi connectivity index (χ4n) is 2.67. The predicted molar refractivity (Wildman–Crippen MR) is 97.7 cm³/mol. The monoisotopic (exact) mass is 427 g/mol. The molecule has 0 spiro atoms. The lowest BCUT2D eigenvalue weighted by molar-refractivity contribution is -0.274. The first kappa shape index (κ1) is 21.4. The van der Waals surface area contributed by atoms with Crippen LogP contribution in [0, 0.1) is 6.92 Å². The molecule has 2 aromatic carbocycles. The van der Waals surface area contributed by atoms with E-state index in [1.54, 1.807) is 13.0 Å². The van der Waals surface area contributed by atoms with E-state index >= 15 is 0 Å². The molecule has 0 aliphatic rings. The Balaban J connectivity index is 1.80. The molecule has 10 heteroatoms. The zero-order valence-corrected chi connectivity index (χ0v) is 15.5. The van der Waals surface area contributed by atoms with E-state index in [0.29, 0.717) is 22.6 Å². The van der Waals surface area contributed by atoms with Crippen LogP contribution in [0.25, 0.3) is 11.4 Å². The predicted octanol–water partition coefficient (Wildman–Crippen LogP) is 5.98. The number of ether oxygens (including phenoxy) is 1. The Morgan fingerprint density at radius 3 is 2.33 bits per heavy atom. The summed E-state index contributed by atoms with van der Waals surface area (Å²) in [5.74, 6) is 0.0507. The van der Waals surface area contributed by atoms with Crippen LogP contribution in [0.3, 0.4) is 0 Å². The zero-order chi connectivity index (χ0) is 21.9. The first-order valence-electron chi connectivity index (χ1n) is 8.61. The van der Waals surface area contributed by atoms with Crippen LogP contribution < -0.4 is 10.1 Å². The van der Waals surface area contributed by atoms with Crippen LogP contribution in [-0.2, 0) is 12.7 Å². The summed E-state index contributed by atoms with van der Waals surface area (Å²) in [6, 6.07) is 11.6. The summed E-state index contributed by atoms with van der Waals surface area (Å²) in [6.07, 6.45) is -9.28. The number of hydrogen-bond acceptors (Lipinski definition) is 4. The number of aromatic nitrogens is 2. The molecule has 1 N–H and O–H groups in total. The van der Waals surface area contributed by atoms with E-state index in [2.05, 4.69) is 20.0 Å². The molecule has 3 rings (SSSR count). The van der Waals surface area contributed by atoms with Crippen LogP contribution in [0.1, 0.15) is 16.8 Å². The molecule has 0 bridgehead atoms. The summed E-state index contributed by atoms with van der Waals surface area (Å²) in [7, 11) is 0. The van der Waals surface area contributed by atoms with E-state index in [0.717, 1.165) is 24.3 Å². The van der Waals surface area contributed by atoms with Gasteiger partial charge >= 0.3 is 12.5 Å². The van der Waals surface area contributed by atoms with Crippen LogP contribution in [0.5, 0.6) is 5.75 Å². The number of nitrogens with zero attached hydrogens (tertiary/aromatic N) is 2. The van der Waals surface area contributed by atoms with E-state index in [1.807, 2.05) is 0 Å². The molecular formula is C20H15F6N3O. The van der Waals surface area contributed by atoms with Gasteiger partial charge in [-0.15, -0.1) is 13.2 Å². The van der Waals surface area contributed by atoms with Crippen LogP contribution >= 0.6 is 0 Å². The molecule has 0 unspecified atom stereocenters. The number of aryl methyl sites for hydroxylation is 1. The highest BCUT2D eigenvalue weighted by Gasteiger charge is 2.31. The van der Waals surface area contributed by atoms with Crippen molar-refractivity contribution in [3.8, 4) is 17.1 Å². The molecule has 0 saturated carbocycles. The summed E-state index contributed by atoms with van der Waals surface area (Å²) in [6.45, 7) is 1.73. The first-order valence-corrected chi connectivity index (χ1v) is 8.61. The molecule has 0 fully saturated rings. The molecule has 0 saturated heterocycles. The minimum Gasteiger partial charge on any atom is -0.406 e. The molecule has 0 atom stereocenters. The molecule has 0 amide bonds. The van der Waals surface area contributed by atoms with E-state index in [1.165, 1.54) is 24.3 Å². The normalized spacial score (nSPS) is 12.0. The first-order chi connectivity index (χ1) is 14.0. The van der Waals surface area contributed by atoms with Gasteiger partial charge in [-0.2, -0.15) is 13.2 Å². The molecule has 1 aromatic heterocycles. The summed E-state index contributed by atoms with van der Waals surface area (Å²) in [5.41, 5.74) is 0.447. The van der Waals surface area contributed by atoms with Crippen LogP contribution in [0.2, 0.25) is 0 Å². The Kier molecular flexibility index (Phi) is 5.86. The molecule has 158 valence electrons. The smallest absolute Gasteiger partial charge is 0.406 e. The largest absolute Gasteiger partial charge is 0.573 e. The fraction of sp³-hybridized carbons (Fsp3) is 0.200. The van der Waals surface area contributed by atoms with Crippen molar-refractivity contribution in [1.82, 2.24) is 9.97 Å². The number of hydrogen-bond donors (Lipinski definition) is 1. The maximum Gasteiger partial charge on any atom is 0.573 e. The van der Waals surface area contributed by atoms with Crippen LogP contribution in [0.4, 0.5) is 32.2 Å². The third-order valence-corrected chi connectivity index (χ3v) is 3.91. The average Bonchev–Trinajstić information content (AvgIpc) is 2.64. The zero-order valence-electron chi connectivity index (χ0n) is 15.5. The van der Waals surface area contributed by atoms with Gasteiger partial charge in [-0.05, 0) is 36.8 Å². The second-order valence-corrected chi connectivity index (χ2v) is 6.35. The summed E-state index contributed by atoms with van der Waals surface area (Å²) in [4.78, 5) is 8.45. The van der Waals surface area contributed by atoms with E-state index in [9.17, 15) is 26.3 Å². The second kappa shape index (κ2) is 8.21. The van der Waals surface area contributed by atoms with E-state index < -0.39 is 23.9 Å². The maximum atomic E-state index is 12.8. The molecule has 1 heterocycles. The van der Waals surface area contributed by atoms with Gasteiger partial charge in [-0.1, -0.05) is 24.3 Å². The summed E-state index contributed by atoms with van der Waals surface area (Å²) in [5, 5.41) is 2.91. The quantitative estimate of drug-likeness (QED) is 0.509. The van der Waals surface area contributed by atoms with Gasteiger partial charge in [0, 0.05) is 23.9 Å². The SMILES string of the molecule is Cc1cc(NCc2cccc(C(F)(F)F)c2)nc(-c2cccc(OC(F)(F)F)c2)n1. The number of halogens is 6. The lowest BCUT2D eigenvalue weighted by atomic mass is 10.1. The molecule has 3 aromatic rings. The van der Waals surface area contributed by atoms with Gasteiger partial charge in [0.1, 0.15) is 11.6 Å². The van der Waals surface area contributed by atoms with Crippen molar-refractivity contribution in [3.05, 3.63) is 71.4 Å². The highest BCUT2D eigenvalue weighted by Crippen LogP contribution is 2.30. The van der Waals surface area contributed by atoms with E-state index in [4.69, 9.17) is 0 Å². The maximum absolute atomic E-state index is 12.8. The summed E-state index contributed by atoms with van der Waals surface area (Å²) >= 11 is 0. The topological polar surface area (TPSA) is 47.0 Å². The molecule has 0 radical (unpaired) electrons. The van der Waals surface area contributed by atoms with Crippen molar-refractivity contribution in [2.24, 2.45) is 0 Å². The van der Waals surface area contributed by atoms with Gasteiger partial charge in [0.2, 0.25) is 0 Å². The standard InChI is InChI=1S/C20H15F6N3O/c1-12-8-17(27-11-13-4-2-6-15(9-13)19(21,22)23)29-18(28-12)14-5-3-7-16(10-14)30-20(24,25)26/h2-10H,11H2,1H3,(H,27,28,29). The van der Waals surface area contributed by atoms with Crippen LogP contribution in [0.15, 0.2) is 54.6 Å². The lowest BCUT2D eigenvalue weighted by Crippen LogP contribution is -2.17. The Morgan fingerprint density at radius 2 is 1.63 bits per heavy atom. The molecule has 30 heavy (non-hydrogen) atoms. The minimum atomic E-state index is -4.83. The number of rotatable bonds is 5. The summed E-state index contributed by atoms with van der Waals surface area (Å²) < 4.78 is 79.7. The molecule has 0 aliphatic heterocycles. The van der Waals surface area contributed by atoms with Gasteiger partial charge in [0.15, 0.2) is 5.82 Å². The highest BCUT2D eigenvalue weighted by atomic mass is 19.4. The third-order valence-electron chi connectivity index (χ3n) is 3.91. The van der Waals surface area contributed by atoms with Crippen LogP contribution in [-0.4, -0.2) is 16.3 Å². The number of nitrogens with one attached hydrogen (secondary N) is 1. The second-order valence-electron chi connectivity index (χ2n) is 6.35. The van der Waals surface area contributed by atoms with Crippen molar-refractivity contribution >= 4 is 5.82 Å². The van der Waals surface area contributed by atoms with Gasteiger partial charge in [-0.25, -0.2) is 9.97 Å². The Bertz CT molecular complexity index is 1030. The van der Waals surface area contributed by atoms with Gasteiger partial charge < -0.3 is 10.1 Å². The van der Waals surface area contributed by atoms with Crippen molar-refractivity contribution in [3.63, 3.8) is 0 Å². The Labute approximate surface area is 167 Å². The minimum absolute atomic E-state index is 0.0665. The van der Waals surface area contributed by atoms with Gasteiger partial charge in [0.25, 0.3) is 0 Å². The van der Waals surface area contributed by atoms with Crippen molar-refractivity contribution in [1.29, 1.82) is 0 Å². The molecule has 4 nitrogen and oxygen atoms in total. The molecule has 0 aliphatic carbocycles.